The molecule has 1 aromatic heterocycles. The van der Waals surface area contributed by atoms with Crippen molar-refractivity contribution in [3.63, 3.8) is 0 Å². The van der Waals surface area contributed by atoms with Gasteiger partial charge in [-0.15, -0.1) is 0 Å². The first kappa shape index (κ1) is 12.1. The van der Waals surface area contributed by atoms with Gasteiger partial charge in [-0.05, 0) is 31.2 Å². The third kappa shape index (κ3) is 3.08. The Bertz CT molecular complexity index is 623. The smallest absolute Gasteiger partial charge is 0.317 e. The summed E-state index contributed by atoms with van der Waals surface area (Å²) in [6, 6.07) is 9.65. The Hall–Kier alpha value is -2.34. The van der Waals surface area contributed by atoms with Crippen LogP contribution in [0, 0.1) is 11.8 Å². The summed E-state index contributed by atoms with van der Waals surface area (Å²) in [5, 5.41) is 1.04. The molecule has 2 rings (SSSR count). The van der Waals surface area contributed by atoms with Crippen LogP contribution in [0.1, 0.15) is 18.9 Å². The first-order valence-corrected chi connectivity index (χ1v) is 5.79. The van der Waals surface area contributed by atoms with Crippen molar-refractivity contribution >= 4 is 16.9 Å². The van der Waals surface area contributed by atoms with Gasteiger partial charge in [0.05, 0.1) is 12.1 Å². The number of aromatic nitrogens is 1. The average Bonchev–Trinajstić information content (AvgIpc) is 2.39. The minimum absolute atomic E-state index is 0.124. The number of rotatable bonds is 2. The highest BCUT2D eigenvalue weighted by molar-refractivity contribution is 5.80. The first-order chi connectivity index (χ1) is 8.79. The van der Waals surface area contributed by atoms with Crippen molar-refractivity contribution in [3.8, 4) is 11.8 Å². The molecule has 0 aliphatic rings. The van der Waals surface area contributed by atoms with Crippen molar-refractivity contribution in [1.82, 2.24) is 4.98 Å². The Balaban J connectivity index is 2.12. The zero-order chi connectivity index (χ0) is 12.8. The van der Waals surface area contributed by atoms with Gasteiger partial charge in [0.2, 0.25) is 0 Å². The molecule has 1 heterocycles. The van der Waals surface area contributed by atoms with Gasteiger partial charge in [-0.3, -0.25) is 9.78 Å². The number of carbonyl (C=O) groups excluding carboxylic acids is 1. The Labute approximate surface area is 106 Å². The SMILES string of the molecule is CCOC(=O)CC#Cc1ccc2ncccc2c1. The van der Waals surface area contributed by atoms with E-state index >= 15 is 0 Å². The molecule has 0 fully saturated rings. The maximum atomic E-state index is 11.1. The lowest BCUT2D eigenvalue weighted by Gasteiger charge is -1.97. The van der Waals surface area contributed by atoms with Crippen LogP contribution >= 0.6 is 0 Å². The maximum Gasteiger partial charge on any atom is 0.317 e. The van der Waals surface area contributed by atoms with E-state index in [0.29, 0.717) is 6.61 Å². The summed E-state index contributed by atoms with van der Waals surface area (Å²) >= 11 is 0. The Morgan fingerprint density at radius 2 is 2.28 bits per heavy atom. The molecule has 0 aliphatic carbocycles. The number of nitrogens with zero attached hydrogens (tertiary/aromatic N) is 1. The van der Waals surface area contributed by atoms with Gasteiger partial charge >= 0.3 is 5.97 Å². The predicted molar refractivity (Wildman–Crippen MR) is 69.9 cm³/mol. The van der Waals surface area contributed by atoms with Gasteiger partial charge in [-0.25, -0.2) is 0 Å². The summed E-state index contributed by atoms with van der Waals surface area (Å²) in [5.41, 5.74) is 1.81. The average molecular weight is 239 g/mol. The molecule has 0 amide bonds. The molecule has 1 aromatic carbocycles. The van der Waals surface area contributed by atoms with E-state index in [2.05, 4.69) is 16.8 Å². The van der Waals surface area contributed by atoms with Crippen LogP contribution in [0.4, 0.5) is 0 Å². The third-order valence-electron chi connectivity index (χ3n) is 2.37. The molecule has 3 heteroatoms. The zero-order valence-electron chi connectivity index (χ0n) is 10.1. The summed E-state index contributed by atoms with van der Waals surface area (Å²) in [7, 11) is 0. The van der Waals surface area contributed by atoms with Gasteiger partial charge in [-0.1, -0.05) is 17.9 Å². The number of carbonyl (C=O) groups is 1. The topological polar surface area (TPSA) is 39.2 Å². The molecule has 90 valence electrons. The van der Waals surface area contributed by atoms with Gasteiger partial charge < -0.3 is 4.74 Å². The molecule has 0 bridgehead atoms. The van der Waals surface area contributed by atoms with E-state index in [1.54, 1.807) is 13.1 Å². The van der Waals surface area contributed by atoms with Crippen LogP contribution in [-0.4, -0.2) is 17.6 Å². The van der Waals surface area contributed by atoms with E-state index in [1.807, 2.05) is 30.3 Å². The fourth-order valence-corrected chi connectivity index (χ4v) is 1.58. The number of hydrogen-bond donors (Lipinski definition) is 0. The fraction of sp³-hybridized carbons (Fsp3) is 0.200. The molecule has 18 heavy (non-hydrogen) atoms. The van der Waals surface area contributed by atoms with Gasteiger partial charge in [0.15, 0.2) is 0 Å². The molecule has 0 spiro atoms. The quantitative estimate of drug-likeness (QED) is 0.597. The van der Waals surface area contributed by atoms with E-state index in [1.165, 1.54) is 0 Å². The number of ether oxygens (including phenoxy) is 1. The van der Waals surface area contributed by atoms with E-state index in [0.717, 1.165) is 16.5 Å². The van der Waals surface area contributed by atoms with Crippen molar-refractivity contribution in [1.29, 1.82) is 0 Å². The summed E-state index contributed by atoms with van der Waals surface area (Å²) in [4.78, 5) is 15.3. The van der Waals surface area contributed by atoms with Crippen molar-refractivity contribution in [3.05, 3.63) is 42.1 Å². The van der Waals surface area contributed by atoms with Crippen molar-refractivity contribution in [2.75, 3.05) is 6.61 Å². The largest absolute Gasteiger partial charge is 0.465 e. The van der Waals surface area contributed by atoms with Gasteiger partial charge in [0.1, 0.15) is 6.42 Å². The molecule has 0 aliphatic heterocycles. The second-order valence-electron chi connectivity index (χ2n) is 3.69. The number of hydrogen-bond acceptors (Lipinski definition) is 3. The number of fused-ring (bicyclic) bond motifs is 1. The fourth-order valence-electron chi connectivity index (χ4n) is 1.58. The van der Waals surface area contributed by atoms with Crippen LogP contribution in [0.2, 0.25) is 0 Å². The summed E-state index contributed by atoms with van der Waals surface area (Å²) in [6.07, 6.45) is 1.88. The van der Waals surface area contributed by atoms with Crippen molar-refractivity contribution in [2.24, 2.45) is 0 Å². The maximum absolute atomic E-state index is 11.1. The van der Waals surface area contributed by atoms with Gasteiger partial charge in [-0.2, -0.15) is 0 Å². The predicted octanol–water partition coefficient (Wildman–Crippen LogP) is 2.54. The lowest BCUT2D eigenvalue weighted by Crippen LogP contribution is -2.01. The number of esters is 1. The Kier molecular flexibility index (Phi) is 3.93. The van der Waals surface area contributed by atoms with Crippen LogP contribution in [0.5, 0.6) is 0 Å². The molecule has 0 saturated heterocycles. The van der Waals surface area contributed by atoms with Crippen LogP contribution in [0.15, 0.2) is 36.5 Å². The lowest BCUT2D eigenvalue weighted by atomic mass is 10.1. The molecule has 0 atom stereocenters. The second kappa shape index (κ2) is 5.83. The van der Waals surface area contributed by atoms with Crippen LogP contribution in [0.3, 0.4) is 0 Å². The molecule has 0 radical (unpaired) electrons. The molecule has 3 nitrogen and oxygen atoms in total. The molecule has 0 N–H and O–H groups in total. The molecular formula is C15H13NO2. The second-order valence-corrected chi connectivity index (χ2v) is 3.69. The van der Waals surface area contributed by atoms with Crippen LogP contribution in [0.25, 0.3) is 10.9 Å². The standard InChI is InChI=1S/C15H13NO2/c1-2-18-15(17)7-3-5-12-8-9-14-13(11-12)6-4-10-16-14/h4,6,8-11H,2,7H2,1H3. The van der Waals surface area contributed by atoms with E-state index < -0.39 is 0 Å². The molecule has 2 aromatic rings. The molecular weight excluding hydrogens is 226 g/mol. The number of pyridine rings is 1. The zero-order valence-corrected chi connectivity index (χ0v) is 10.1. The summed E-state index contributed by atoms with van der Waals surface area (Å²) in [6.45, 7) is 2.17. The van der Waals surface area contributed by atoms with Crippen molar-refractivity contribution < 1.29 is 9.53 Å². The van der Waals surface area contributed by atoms with Gasteiger partial charge in [0, 0.05) is 17.1 Å². The lowest BCUT2D eigenvalue weighted by molar-refractivity contribution is -0.141. The van der Waals surface area contributed by atoms with Crippen molar-refractivity contribution in [2.45, 2.75) is 13.3 Å². The first-order valence-electron chi connectivity index (χ1n) is 5.79. The highest BCUT2D eigenvalue weighted by atomic mass is 16.5. The summed E-state index contributed by atoms with van der Waals surface area (Å²) in [5.74, 6) is 5.47. The van der Waals surface area contributed by atoms with E-state index in [9.17, 15) is 4.79 Å². The highest BCUT2D eigenvalue weighted by Crippen LogP contribution is 2.12. The molecule has 0 unspecified atom stereocenters. The minimum Gasteiger partial charge on any atom is -0.465 e. The third-order valence-corrected chi connectivity index (χ3v) is 2.37. The van der Waals surface area contributed by atoms with E-state index in [4.69, 9.17) is 4.74 Å². The number of benzene rings is 1. The normalized spacial score (nSPS) is 9.61. The van der Waals surface area contributed by atoms with Crippen LogP contribution < -0.4 is 0 Å². The van der Waals surface area contributed by atoms with Crippen LogP contribution in [-0.2, 0) is 9.53 Å². The Morgan fingerprint density at radius 3 is 3.11 bits per heavy atom. The minimum atomic E-state index is -0.285. The van der Waals surface area contributed by atoms with E-state index in [-0.39, 0.29) is 12.4 Å². The Morgan fingerprint density at radius 1 is 1.39 bits per heavy atom. The monoisotopic (exact) mass is 239 g/mol. The van der Waals surface area contributed by atoms with Gasteiger partial charge in [0.25, 0.3) is 0 Å². The highest BCUT2D eigenvalue weighted by Gasteiger charge is 1.97. The molecule has 0 saturated carbocycles. The summed E-state index contributed by atoms with van der Waals surface area (Å²) < 4.78 is 4.80.